The lowest BCUT2D eigenvalue weighted by atomic mass is 10.2. The zero-order valence-electron chi connectivity index (χ0n) is 12.2. The van der Waals surface area contributed by atoms with Crippen LogP contribution in [0.1, 0.15) is 20.8 Å². The minimum Gasteiger partial charge on any atom is -0.308 e. The molecule has 0 aromatic rings. The Bertz CT molecular complexity index is 275. The van der Waals surface area contributed by atoms with Crippen molar-refractivity contribution in [2.24, 2.45) is 0 Å². The molecule has 98 valence electrons. The molecule has 0 bridgehead atoms. The first-order chi connectivity index (χ1) is 7.99. The van der Waals surface area contributed by atoms with Gasteiger partial charge in [0.05, 0.1) is 0 Å². The second-order valence-electron chi connectivity index (χ2n) is 4.80. The molecule has 0 atom stereocenters. The van der Waals surface area contributed by atoms with E-state index < -0.39 is 0 Å². The number of allylic oxidation sites excluding steroid dienone is 4. The van der Waals surface area contributed by atoms with Crippen LogP contribution in [-0.4, -0.2) is 50.1 Å². The summed E-state index contributed by atoms with van der Waals surface area (Å²) in [7, 11) is 4.24. The van der Waals surface area contributed by atoms with Gasteiger partial charge in [-0.15, -0.1) is 0 Å². The maximum absolute atomic E-state index is 3.75. The molecule has 17 heavy (non-hydrogen) atoms. The van der Waals surface area contributed by atoms with E-state index in [4.69, 9.17) is 0 Å². The van der Waals surface area contributed by atoms with Gasteiger partial charge in [-0.3, -0.25) is 4.90 Å². The number of hydrogen-bond donors (Lipinski definition) is 0. The van der Waals surface area contributed by atoms with E-state index in [-0.39, 0.29) is 0 Å². The van der Waals surface area contributed by atoms with Gasteiger partial charge in [-0.1, -0.05) is 42.9 Å². The van der Waals surface area contributed by atoms with E-state index in [0.717, 1.165) is 26.2 Å². The highest BCUT2D eigenvalue weighted by molar-refractivity contribution is 5.22. The predicted octanol–water partition coefficient (Wildman–Crippen LogP) is 2.95. The SMILES string of the molecule is C=C/C(C)=C\C=C(/C)CN(CC)CCN(C)C. The zero-order chi connectivity index (χ0) is 13.3. The van der Waals surface area contributed by atoms with Gasteiger partial charge in [0.15, 0.2) is 0 Å². The Kier molecular flexibility index (Phi) is 8.73. The average Bonchev–Trinajstić information content (AvgIpc) is 2.30. The molecule has 0 fully saturated rings. The van der Waals surface area contributed by atoms with Crippen molar-refractivity contribution >= 4 is 0 Å². The maximum Gasteiger partial charge on any atom is 0.0193 e. The smallest absolute Gasteiger partial charge is 0.0193 e. The number of rotatable bonds is 8. The monoisotopic (exact) mass is 236 g/mol. The van der Waals surface area contributed by atoms with Gasteiger partial charge in [-0.05, 0) is 34.5 Å². The Morgan fingerprint density at radius 1 is 1.12 bits per heavy atom. The lowest BCUT2D eigenvalue weighted by Gasteiger charge is -2.22. The molecule has 0 aromatic carbocycles. The molecule has 0 heterocycles. The lowest BCUT2D eigenvalue weighted by molar-refractivity contribution is 0.267. The standard InChI is InChI=1S/C15H28N2/c1-7-14(3)9-10-15(4)13-17(8-2)12-11-16(5)6/h7,9-10H,1,8,11-13H2,2-6H3/b14-9-,15-10+. The topological polar surface area (TPSA) is 6.48 Å². The molecule has 2 nitrogen and oxygen atoms in total. The van der Waals surface area contributed by atoms with Crippen LogP contribution in [0.25, 0.3) is 0 Å². The molecule has 0 spiro atoms. The Hall–Kier alpha value is -0.860. The van der Waals surface area contributed by atoms with E-state index in [0.29, 0.717) is 0 Å². The summed E-state index contributed by atoms with van der Waals surface area (Å²) in [6.07, 6.45) is 6.20. The molecule has 0 aliphatic rings. The highest BCUT2D eigenvalue weighted by atomic mass is 15.2. The van der Waals surface area contributed by atoms with Crippen LogP contribution in [-0.2, 0) is 0 Å². The third kappa shape index (κ3) is 8.90. The van der Waals surface area contributed by atoms with Crippen molar-refractivity contribution in [3.63, 3.8) is 0 Å². The van der Waals surface area contributed by atoms with Crippen molar-refractivity contribution in [1.82, 2.24) is 9.80 Å². The number of nitrogens with zero attached hydrogens (tertiary/aromatic N) is 2. The molecule has 0 N–H and O–H groups in total. The van der Waals surface area contributed by atoms with Crippen molar-refractivity contribution in [2.45, 2.75) is 20.8 Å². The quantitative estimate of drug-likeness (QED) is 0.598. The molecule has 0 aliphatic heterocycles. The zero-order valence-corrected chi connectivity index (χ0v) is 12.2. The van der Waals surface area contributed by atoms with Gasteiger partial charge < -0.3 is 4.90 Å². The summed E-state index contributed by atoms with van der Waals surface area (Å²) in [4.78, 5) is 4.69. The third-order valence-electron chi connectivity index (χ3n) is 2.74. The van der Waals surface area contributed by atoms with Gasteiger partial charge in [0.1, 0.15) is 0 Å². The first-order valence-electron chi connectivity index (χ1n) is 6.33. The summed E-state index contributed by atoms with van der Waals surface area (Å²) in [5, 5.41) is 0. The molecule has 0 saturated heterocycles. The molecule has 0 saturated carbocycles. The van der Waals surface area contributed by atoms with E-state index in [1.54, 1.807) is 0 Å². The van der Waals surface area contributed by atoms with Crippen molar-refractivity contribution in [1.29, 1.82) is 0 Å². The molecule has 0 aliphatic carbocycles. The largest absolute Gasteiger partial charge is 0.308 e. The molecule has 0 amide bonds. The summed E-state index contributed by atoms with van der Waals surface area (Å²) in [6, 6.07) is 0. The number of likely N-dealkylation sites (N-methyl/N-ethyl adjacent to an activating group) is 2. The Balaban J connectivity index is 4.22. The molecule has 0 aromatic heterocycles. The minimum atomic E-state index is 1.05. The predicted molar refractivity (Wildman–Crippen MR) is 78.4 cm³/mol. The summed E-state index contributed by atoms with van der Waals surface area (Å²) in [5.74, 6) is 0. The molecular weight excluding hydrogens is 208 g/mol. The van der Waals surface area contributed by atoms with Crippen LogP contribution in [0.4, 0.5) is 0 Å². The maximum atomic E-state index is 3.75. The summed E-state index contributed by atoms with van der Waals surface area (Å²) < 4.78 is 0. The second-order valence-corrected chi connectivity index (χ2v) is 4.80. The summed E-state index contributed by atoms with van der Waals surface area (Å²) in [6.45, 7) is 14.6. The Labute approximate surface area is 107 Å². The fraction of sp³-hybridized carbons (Fsp3) is 0.600. The van der Waals surface area contributed by atoms with Crippen LogP contribution in [0, 0.1) is 0 Å². The fourth-order valence-corrected chi connectivity index (χ4v) is 1.44. The number of hydrogen-bond acceptors (Lipinski definition) is 2. The lowest BCUT2D eigenvalue weighted by Crippen LogP contribution is -2.32. The van der Waals surface area contributed by atoms with Gasteiger partial charge in [0, 0.05) is 19.6 Å². The highest BCUT2D eigenvalue weighted by Crippen LogP contribution is 2.01. The van der Waals surface area contributed by atoms with Crippen LogP contribution in [0.2, 0.25) is 0 Å². The van der Waals surface area contributed by atoms with Gasteiger partial charge in [-0.25, -0.2) is 0 Å². The Morgan fingerprint density at radius 3 is 2.24 bits per heavy atom. The van der Waals surface area contributed by atoms with Crippen LogP contribution >= 0.6 is 0 Å². The molecule has 0 radical (unpaired) electrons. The Morgan fingerprint density at radius 2 is 1.76 bits per heavy atom. The molecule has 0 rings (SSSR count). The van der Waals surface area contributed by atoms with E-state index >= 15 is 0 Å². The van der Waals surface area contributed by atoms with Gasteiger partial charge in [0.25, 0.3) is 0 Å². The van der Waals surface area contributed by atoms with Crippen molar-refractivity contribution in [3.8, 4) is 0 Å². The van der Waals surface area contributed by atoms with Crippen LogP contribution < -0.4 is 0 Å². The van der Waals surface area contributed by atoms with Gasteiger partial charge in [-0.2, -0.15) is 0 Å². The van der Waals surface area contributed by atoms with Crippen molar-refractivity contribution < 1.29 is 0 Å². The van der Waals surface area contributed by atoms with E-state index in [9.17, 15) is 0 Å². The van der Waals surface area contributed by atoms with Crippen LogP contribution in [0.3, 0.4) is 0 Å². The van der Waals surface area contributed by atoms with Gasteiger partial charge in [0.2, 0.25) is 0 Å². The average molecular weight is 236 g/mol. The first-order valence-corrected chi connectivity index (χ1v) is 6.33. The van der Waals surface area contributed by atoms with E-state index in [2.05, 4.69) is 63.4 Å². The van der Waals surface area contributed by atoms with Gasteiger partial charge >= 0.3 is 0 Å². The summed E-state index contributed by atoms with van der Waals surface area (Å²) in [5.41, 5.74) is 2.60. The molecular formula is C15H28N2. The molecule has 0 unspecified atom stereocenters. The highest BCUT2D eigenvalue weighted by Gasteiger charge is 2.02. The third-order valence-corrected chi connectivity index (χ3v) is 2.74. The fourth-order valence-electron chi connectivity index (χ4n) is 1.44. The van der Waals surface area contributed by atoms with Crippen molar-refractivity contribution in [2.75, 3.05) is 40.3 Å². The van der Waals surface area contributed by atoms with Crippen molar-refractivity contribution in [3.05, 3.63) is 36.0 Å². The normalized spacial score (nSPS) is 13.6. The minimum absolute atomic E-state index is 1.05. The van der Waals surface area contributed by atoms with Crippen LogP contribution in [0.15, 0.2) is 36.0 Å². The molecule has 2 heteroatoms. The van der Waals surface area contributed by atoms with E-state index in [1.165, 1.54) is 11.1 Å². The summed E-state index contributed by atoms with van der Waals surface area (Å²) >= 11 is 0. The van der Waals surface area contributed by atoms with E-state index in [1.807, 2.05) is 6.08 Å². The van der Waals surface area contributed by atoms with Crippen LogP contribution in [0.5, 0.6) is 0 Å². The first kappa shape index (κ1) is 16.1. The second kappa shape index (κ2) is 9.20.